The number of aliphatic hydroxyl groups excluding tert-OH is 2. The second kappa shape index (κ2) is 8.89. The van der Waals surface area contributed by atoms with Gasteiger partial charge in [-0.15, -0.1) is 5.10 Å². The molecule has 1 aliphatic heterocycles. The number of nitriles is 1. The summed E-state index contributed by atoms with van der Waals surface area (Å²) < 4.78 is 7.37. The van der Waals surface area contributed by atoms with E-state index in [0.717, 1.165) is 16.2 Å². The van der Waals surface area contributed by atoms with Crippen molar-refractivity contribution in [2.24, 2.45) is 0 Å². The summed E-state index contributed by atoms with van der Waals surface area (Å²) in [4.78, 5) is 14.7. The maximum Gasteiger partial charge on any atom is 0.304 e. The second-order valence-corrected chi connectivity index (χ2v) is 9.08. The van der Waals surface area contributed by atoms with Crippen molar-refractivity contribution in [1.29, 1.82) is 5.26 Å². The van der Waals surface area contributed by atoms with E-state index in [1.54, 1.807) is 29.8 Å². The summed E-state index contributed by atoms with van der Waals surface area (Å²) in [6.07, 6.45) is 0.241. The van der Waals surface area contributed by atoms with Gasteiger partial charge in [-0.2, -0.15) is 5.26 Å². The number of halogens is 1. The fraction of sp³-hybridized carbons (Fsp3) is 0.333. The van der Waals surface area contributed by atoms with Crippen LogP contribution in [-0.2, 0) is 4.74 Å². The SMILES string of the molecule is N#Cc1ccc(S[C@@H]2C[C@@H](n3cc(-c4csc(=O)[nH]4)nn3)[C@@H](O)C(CO)O2)cc1Cl. The topological polar surface area (TPSA) is 137 Å². The van der Waals surface area contributed by atoms with E-state index in [-0.39, 0.29) is 11.5 Å². The number of hydrogen-bond donors (Lipinski definition) is 3. The first-order valence-electron chi connectivity index (χ1n) is 8.89. The lowest BCUT2D eigenvalue weighted by Crippen LogP contribution is -2.47. The Hall–Kier alpha value is -2.20. The second-order valence-electron chi connectivity index (χ2n) is 6.60. The smallest absolute Gasteiger partial charge is 0.304 e. The van der Waals surface area contributed by atoms with E-state index in [0.29, 0.717) is 28.4 Å². The Labute approximate surface area is 183 Å². The first-order chi connectivity index (χ1) is 14.5. The summed E-state index contributed by atoms with van der Waals surface area (Å²) in [5, 5.41) is 39.5. The molecule has 1 fully saturated rings. The van der Waals surface area contributed by atoms with Gasteiger partial charge in [0.2, 0.25) is 0 Å². The van der Waals surface area contributed by atoms with E-state index in [9.17, 15) is 15.0 Å². The standard InChI is InChI=1S/C18H16ClN5O4S2/c19-11-3-10(2-1-9(11)5-20)30-16-4-14(17(26)15(7-25)28-16)24-6-12(22-23-24)13-8-29-18(27)21-13/h1-3,6,8,14-17,25-26H,4,7H2,(H,21,27)/t14-,15?,16-,17-/m1/s1. The molecule has 156 valence electrons. The van der Waals surface area contributed by atoms with Gasteiger partial charge in [0.1, 0.15) is 29.4 Å². The highest BCUT2D eigenvalue weighted by atomic mass is 35.5. The number of aromatic amines is 1. The van der Waals surface area contributed by atoms with Gasteiger partial charge in [-0.05, 0) is 18.2 Å². The van der Waals surface area contributed by atoms with Crippen LogP contribution in [0.25, 0.3) is 11.4 Å². The average Bonchev–Trinajstić information content (AvgIpc) is 3.38. The Balaban J connectivity index is 1.56. The largest absolute Gasteiger partial charge is 0.394 e. The molecule has 0 radical (unpaired) electrons. The van der Waals surface area contributed by atoms with Crippen LogP contribution >= 0.6 is 34.7 Å². The summed E-state index contributed by atoms with van der Waals surface area (Å²) in [5.41, 5.74) is 1.02. The molecule has 4 rings (SSSR count). The predicted octanol–water partition coefficient (Wildman–Crippen LogP) is 2.02. The summed E-state index contributed by atoms with van der Waals surface area (Å²) in [7, 11) is 0. The van der Waals surface area contributed by atoms with E-state index in [4.69, 9.17) is 21.6 Å². The van der Waals surface area contributed by atoms with Gasteiger partial charge in [-0.3, -0.25) is 4.79 Å². The number of aromatic nitrogens is 4. The molecule has 3 heterocycles. The Kier molecular flexibility index (Phi) is 6.24. The monoisotopic (exact) mass is 465 g/mol. The number of ether oxygens (including phenoxy) is 1. The van der Waals surface area contributed by atoms with Gasteiger partial charge >= 0.3 is 4.87 Å². The zero-order valence-corrected chi connectivity index (χ0v) is 17.7. The molecule has 3 aromatic rings. The van der Waals surface area contributed by atoms with Crippen molar-refractivity contribution < 1.29 is 14.9 Å². The van der Waals surface area contributed by atoms with Crippen molar-refractivity contribution >= 4 is 34.7 Å². The van der Waals surface area contributed by atoms with Gasteiger partial charge in [0.15, 0.2) is 0 Å². The molecule has 0 spiro atoms. The van der Waals surface area contributed by atoms with E-state index in [2.05, 4.69) is 15.3 Å². The number of aliphatic hydroxyl groups is 2. The fourth-order valence-electron chi connectivity index (χ4n) is 3.19. The molecule has 1 saturated heterocycles. The molecule has 30 heavy (non-hydrogen) atoms. The normalized spacial score (nSPS) is 23.9. The van der Waals surface area contributed by atoms with Crippen LogP contribution in [0.1, 0.15) is 18.0 Å². The van der Waals surface area contributed by atoms with Crippen molar-refractivity contribution in [3.63, 3.8) is 0 Å². The molecule has 1 unspecified atom stereocenters. The first-order valence-corrected chi connectivity index (χ1v) is 11.0. The zero-order valence-electron chi connectivity index (χ0n) is 15.3. The third kappa shape index (κ3) is 4.29. The lowest BCUT2D eigenvalue weighted by molar-refractivity contribution is -0.130. The van der Waals surface area contributed by atoms with E-state index < -0.39 is 23.7 Å². The molecule has 3 N–H and O–H groups in total. The van der Waals surface area contributed by atoms with E-state index >= 15 is 0 Å². The molecular weight excluding hydrogens is 450 g/mol. The van der Waals surface area contributed by atoms with Gasteiger partial charge < -0.3 is 19.9 Å². The Bertz CT molecular complexity index is 1140. The summed E-state index contributed by atoms with van der Waals surface area (Å²) in [6.45, 7) is -0.359. The Morgan fingerprint density at radius 2 is 2.33 bits per heavy atom. The van der Waals surface area contributed by atoms with Gasteiger partial charge in [-0.1, -0.05) is 39.9 Å². The molecule has 12 heteroatoms. The Morgan fingerprint density at radius 3 is 3.00 bits per heavy atom. The number of rotatable bonds is 5. The van der Waals surface area contributed by atoms with Gasteiger partial charge in [0.05, 0.1) is 35.1 Å². The molecule has 1 aromatic carbocycles. The first kappa shape index (κ1) is 21.0. The van der Waals surface area contributed by atoms with Crippen LogP contribution < -0.4 is 4.87 Å². The summed E-state index contributed by atoms with van der Waals surface area (Å²) in [6, 6.07) is 6.61. The summed E-state index contributed by atoms with van der Waals surface area (Å²) >= 11 is 8.52. The van der Waals surface area contributed by atoms with Gasteiger partial charge in [-0.25, -0.2) is 4.68 Å². The molecular formula is C18H16ClN5O4S2. The predicted molar refractivity (Wildman–Crippen MR) is 111 cm³/mol. The molecule has 9 nitrogen and oxygen atoms in total. The quantitative estimate of drug-likeness (QED) is 0.520. The minimum atomic E-state index is -0.993. The van der Waals surface area contributed by atoms with Crippen LogP contribution in [0, 0.1) is 11.3 Å². The van der Waals surface area contributed by atoms with Crippen molar-refractivity contribution in [3.8, 4) is 17.5 Å². The van der Waals surface area contributed by atoms with Crippen molar-refractivity contribution in [1.82, 2.24) is 20.0 Å². The number of thiazole rings is 1. The average molecular weight is 466 g/mol. The third-order valence-corrected chi connectivity index (χ3v) is 6.77. The number of nitrogens with zero attached hydrogens (tertiary/aromatic N) is 4. The molecule has 2 aromatic heterocycles. The highest BCUT2D eigenvalue weighted by Crippen LogP contribution is 2.38. The number of H-pyrrole nitrogens is 1. The number of nitrogens with one attached hydrogen (secondary N) is 1. The summed E-state index contributed by atoms with van der Waals surface area (Å²) in [5.74, 6) is 0. The lowest BCUT2D eigenvalue weighted by Gasteiger charge is -2.38. The Morgan fingerprint density at radius 1 is 1.50 bits per heavy atom. The van der Waals surface area contributed by atoms with Crippen molar-refractivity contribution in [2.75, 3.05) is 6.61 Å². The van der Waals surface area contributed by atoms with Crippen molar-refractivity contribution in [3.05, 3.63) is 50.0 Å². The highest BCUT2D eigenvalue weighted by Gasteiger charge is 2.39. The third-order valence-electron chi connectivity index (χ3n) is 4.69. The van der Waals surface area contributed by atoms with Crippen LogP contribution in [0.4, 0.5) is 0 Å². The minimum absolute atomic E-state index is 0.191. The van der Waals surface area contributed by atoms with Crippen LogP contribution in [-0.4, -0.2) is 54.4 Å². The van der Waals surface area contributed by atoms with E-state index in [1.807, 2.05) is 6.07 Å². The number of hydrogen-bond acceptors (Lipinski definition) is 9. The minimum Gasteiger partial charge on any atom is -0.394 e. The van der Waals surface area contributed by atoms with Crippen LogP contribution in [0.2, 0.25) is 5.02 Å². The fourth-order valence-corrected chi connectivity index (χ4v) is 5.18. The molecule has 0 bridgehead atoms. The molecule has 0 saturated carbocycles. The number of thioether (sulfide) groups is 1. The molecule has 4 atom stereocenters. The molecule has 1 aliphatic rings. The van der Waals surface area contributed by atoms with Crippen LogP contribution in [0.5, 0.6) is 0 Å². The number of benzene rings is 1. The molecule has 0 amide bonds. The van der Waals surface area contributed by atoms with Gasteiger partial charge in [0, 0.05) is 16.7 Å². The van der Waals surface area contributed by atoms with Crippen molar-refractivity contribution in [2.45, 2.75) is 35.0 Å². The van der Waals surface area contributed by atoms with Gasteiger partial charge in [0.25, 0.3) is 0 Å². The lowest BCUT2D eigenvalue weighted by atomic mass is 10.00. The van der Waals surface area contributed by atoms with Crippen LogP contribution in [0.3, 0.4) is 0 Å². The highest BCUT2D eigenvalue weighted by molar-refractivity contribution is 7.99. The van der Waals surface area contributed by atoms with Crippen LogP contribution in [0.15, 0.2) is 39.5 Å². The zero-order chi connectivity index (χ0) is 21.3. The maximum atomic E-state index is 11.4. The van der Waals surface area contributed by atoms with E-state index in [1.165, 1.54) is 16.4 Å². The molecule has 0 aliphatic carbocycles. The maximum absolute atomic E-state index is 11.4.